The van der Waals surface area contributed by atoms with E-state index in [1.54, 1.807) is 23.1 Å². The molecule has 2 amide bonds. The van der Waals surface area contributed by atoms with E-state index in [-0.39, 0.29) is 11.8 Å². The fraction of sp³-hybridized carbons (Fsp3) is 0.364. The van der Waals surface area contributed by atoms with Gasteiger partial charge in [-0.3, -0.25) is 18.9 Å². The quantitative estimate of drug-likeness (QED) is 0.744. The van der Waals surface area contributed by atoms with Crippen LogP contribution in [0.4, 0.5) is 5.82 Å². The number of nitrogens with one attached hydrogen (secondary N) is 1. The normalized spacial score (nSPS) is 20.1. The van der Waals surface area contributed by atoms with Crippen LogP contribution in [0.15, 0.2) is 18.7 Å². The number of aromatic nitrogens is 4. The zero-order valence-electron chi connectivity index (χ0n) is 10.3. The highest BCUT2D eigenvalue weighted by molar-refractivity contribution is 6.01. The molecule has 0 saturated carbocycles. The molecule has 3 heterocycles. The fourth-order valence-electron chi connectivity index (χ4n) is 2.08. The Kier molecular flexibility index (Phi) is 2.62. The molecule has 0 aliphatic carbocycles. The molecule has 1 fully saturated rings. The van der Waals surface area contributed by atoms with E-state index in [1.165, 1.54) is 7.05 Å². The maximum absolute atomic E-state index is 12.0. The summed E-state index contributed by atoms with van der Waals surface area (Å²) in [4.78, 5) is 28.7. The highest BCUT2D eigenvalue weighted by atomic mass is 16.2. The van der Waals surface area contributed by atoms with E-state index in [0.717, 1.165) is 4.90 Å². The van der Waals surface area contributed by atoms with Crippen LogP contribution < -0.4 is 5.32 Å². The predicted octanol–water partition coefficient (Wildman–Crippen LogP) is -0.316. The molecule has 1 atom stereocenters. The zero-order chi connectivity index (χ0) is 13.4. The molecule has 8 heteroatoms. The summed E-state index contributed by atoms with van der Waals surface area (Å²) in [5.74, 6) is 0.0809. The van der Waals surface area contributed by atoms with E-state index in [1.807, 2.05) is 0 Å². The molecule has 8 nitrogen and oxygen atoms in total. The Balaban J connectivity index is 1.87. The largest absolute Gasteiger partial charge is 0.355 e. The van der Waals surface area contributed by atoms with Gasteiger partial charge >= 0.3 is 0 Å². The lowest BCUT2D eigenvalue weighted by atomic mass is 10.0. The maximum Gasteiger partial charge on any atom is 0.251 e. The summed E-state index contributed by atoms with van der Waals surface area (Å²) in [7, 11) is 1.49. The van der Waals surface area contributed by atoms with Gasteiger partial charge in [0.05, 0.1) is 0 Å². The topological polar surface area (TPSA) is 92.5 Å². The first-order chi connectivity index (χ1) is 9.16. The van der Waals surface area contributed by atoms with Gasteiger partial charge in [-0.2, -0.15) is 0 Å². The van der Waals surface area contributed by atoms with Crippen LogP contribution in [0.5, 0.6) is 0 Å². The van der Waals surface area contributed by atoms with Crippen LogP contribution in [0, 0.1) is 0 Å². The molecule has 0 spiro atoms. The van der Waals surface area contributed by atoms with Crippen LogP contribution in [-0.2, 0) is 9.59 Å². The van der Waals surface area contributed by atoms with Gasteiger partial charge in [0.15, 0.2) is 5.82 Å². The van der Waals surface area contributed by atoms with Crippen molar-refractivity contribution in [3.8, 4) is 0 Å². The first kappa shape index (κ1) is 11.6. The van der Waals surface area contributed by atoms with Crippen molar-refractivity contribution in [2.75, 3.05) is 12.4 Å². The molecule has 0 radical (unpaired) electrons. The molecule has 1 saturated heterocycles. The maximum atomic E-state index is 12.0. The summed E-state index contributed by atoms with van der Waals surface area (Å²) in [6.45, 7) is 0. The third kappa shape index (κ3) is 1.90. The minimum Gasteiger partial charge on any atom is -0.355 e. The number of nitrogens with zero attached hydrogens (tertiary/aromatic N) is 5. The minimum atomic E-state index is -0.460. The van der Waals surface area contributed by atoms with Gasteiger partial charge in [0.2, 0.25) is 11.6 Å². The Bertz CT molecular complexity index is 651. The molecule has 98 valence electrons. The van der Waals surface area contributed by atoms with Crippen LogP contribution in [-0.4, -0.2) is 49.4 Å². The molecule has 3 rings (SSSR count). The third-order valence-corrected chi connectivity index (χ3v) is 3.18. The van der Waals surface area contributed by atoms with Crippen molar-refractivity contribution in [1.82, 2.24) is 24.5 Å². The fourth-order valence-corrected chi connectivity index (χ4v) is 2.08. The number of carbonyl (C=O) groups is 2. The van der Waals surface area contributed by atoms with Crippen molar-refractivity contribution >= 4 is 23.3 Å². The van der Waals surface area contributed by atoms with Gasteiger partial charge in [-0.05, 0) is 6.42 Å². The lowest BCUT2D eigenvalue weighted by Gasteiger charge is -2.28. The Hall–Kier alpha value is -2.51. The number of imide groups is 1. The summed E-state index contributed by atoms with van der Waals surface area (Å²) >= 11 is 0. The first-order valence-corrected chi connectivity index (χ1v) is 5.88. The highest BCUT2D eigenvalue weighted by Crippen LogP contribution is 2.18. The van der Waals surface area contributed by atoms with Crippen LogP contribution in [0.25, 0.3) is 5.65 Å². The Morgan fingerprint density at radius 2 is 2.26 bits per heavy atom. The number of rotatable bonds is 2. The minimum absolute atomic E-state index is 0.156. The molecule has 0 aromatic carbocycles. The molecule has 19 heavy (non-hydrogen) atoms. The standard InChI is InChI=1S/C11H12N6O2/c1-16-8(18)3-2-7(11(16)19)14-9-10-15-13-6-17(10)5-4-12-9/h4-7H,2-3H2,1H3,(H,12,14). The molecule has 1 N–H and O–H groups in total. The van der Waals surface area contributed by atoms with E-state index in [0.29, 0.717) is 24.3 Å². The van der Waals surface area contributed by atoms with Crippen molar-refractivity contribution in [3.05, 3.63) is 18.7 Å². The monoisotopic (exact) mass is 260 g/mol. The Labute approximate surface area is 108 Å². The second-order valence-corrected chi connectivity index (χ2v) is 4.36. The summed E-state index contributed by atoms with van der Waals surface area (Å²) in [6, 6.07) is -0.460. The second-order valence-electron chi connectivity index (χ2n) is 4.36. The zero-order valence-corrected chi connectivity index (χ0v) is 10.3. The Morgan fingerprint density at radius 1 is 1.42 bits per heavy atom. The van der Waals surface area contributed by atoms with Crippen molar-refractivity contribution in [3.63, 3.8) is 0 Å². The van der Waals surface area contributed by atoms with Crippen molar-refractivity contribution in [1.29, 1.82) is 0 Å². The summed E-state index contributed by atoms with van der Waals surface area (Å²) in [5.41, 5.74) is 0.551. The number of hydrogen-bond acceptors (Lipinski definition) is 6. The summed E-state index contributed by atoms with van der Waals surface area (Å²) < 4.78 is 1.71. The lowest BCUT2D eigenvalue weighted by Crippen LogP contribution is -2.48. The summed E-state index contributed by atoms with van der Waals surface area (Å²) in [6.07, 6.45) is 5.68. The molecule has 1 aliphatic heterocycles. The van der Waals surface area contributed by atoms with E-state index in [2.05, 4.69) is 20.5 Å². The van der Waals surface area contributed by atoms with Gasteiger partial charge < -0.3 is 5.32 Å². The number of fused-ring (bicyclic) bond motifs is 1. The van der Waals surface area contributed by atoms with Crippen LogP contribution in [0.2, 0.25) is 0 Å². The number of carbonyl (C=O) groups excluding carboxylic acids is 2. The molecular weight excluding hydrogens is 248 g/mol. The van der Waals surface area contributed by atoms with Crippen LogP contribution >= 0.6 is 0 Å². The average molecular weight is 260 g/mol. The van der Waals surface area contributed by atoms with Crippen molar-refractivity contribution in [2.24, 2.45) is 0 Å². The van der Waals surface area contributed by atoms with Crippen molar-refractivity contribution in [2.45, 2.75) is 18.9 Å². The molecule has 2 aromatic rings. The Morgan fingerprint density at radius 3 is 3.11 bits per heavy atom. The second kappa shape index (κ2) is 4.30. The van der Waals surface area contributed by atoms with Gasteiger partial charge in [-0.25, -0.2) is 4.98 Å². The van der Waals surface area contributed by atoms with Gasteiger partial charge in [-0.15, -0.1) is 10.2 Å². The number of piperidine rings is 1. The van der Waals surface area contributed by atoms with E-state index in [4.69, 9.17) is 0 Å². The SMILES string of the molecule is CN1C(=O)CCC(Nc2nccn3cnnc23)C1=O. The number of anilines is 1. The third-order valence-electron chi connectivity index (χ3n) is 3.18. The van der Waals surface area contributed by atoms with E-state index >= 15 is 0 Å². The molecule has 1 unspecified atom stereocenters. The molecular formula is C11H12N6O2. The van der Waals surface area contributed by atoms with Crippen LogP contribution in [0.1, 0.15) is 12.8 Å². The van der Waals surface area contributed by atoms with E-state index in [9.17, 15) is 9.59 Å². The number of likely N-dealkylation sites (tertiary alicyclic amines) is 1. The van der Waals surface area contributed by atoms with Crippen molar-refractivity contribution < 1.29 is 9.59 Å². The van der Waals surface area contributed by atoms with Gasteiger partial charge in [-0.1, -0.05) is 0 Å². The summed E-state index contributed by atoms with van der Waals surface area (Å²) in [5, 5.41) is 10.8. The number of amides is 2. The van der Waals surface area contributed by atoms with Crippen LogP contribution in [0.3, 0.4) is 0 Å². The molecule has 0 bridgehead atoms. The van der Waals surface area contributed by atoms with E-state index < -0.39 is 6.04 Å². The average Bonchev–Trinajstić information content (AvgIpc) is 2.89. The molecule has 1 aliphatic rings. The highest BCUT2D eigenvalue weighted by Gasteiger charge is 2.32. The van der Waals surface area contributed by atoms with Gasteiger partial charge in [0, 0.05) is 25.9 Å². The smallest absolute Gasteiger partial charge is 0.251 e. The number of hydrogen-bond donors (Lipinski definition) is 1. The molecule has 2 aromatic heterocycles. The lowest BCUT2D eigenvalue weighted by molar-refractivity contribution is -0.146. The number of likely N-dealkylation sites (N-methyl/N-ethyl adjacent to an activating group) is 1. The van der Waals surface area contributed by atoms with Gasteiger partial charge in [0.25, 0.3) is 5.91 Å². The first-order valence-electron chi connectivity index (χ1n) is 5.88. The predicted molar refractivity (Wildman–Crippen MR) is 65.2 cm³/mol. The van der Waals surface area contributed by atoms with Gasteiger partial charge in [0.1, 0.15) is 12.4 Å².